The number of ether oxygens (including phenoxy) is 2. The van der Waals surface area contributed by atoms with Gasteiger partial charge in [-0.15, -0.1) is 23.1 Å². The van der Waals surface area contributed by atoms with Crippen LogP contribution in [0.1, 0.15) is 54.1 Å². The Morgan fingerprint density at radius 2 is 1.79 bits per heavy atom. The zero-order valence-corrected chi connectivity index (χ0v) is 26.8. The van der Waals surface area contributed by atoms with Crippen LogP contribution in [0.3, 0.4) is 0 Å². The first kappa shape index (κ1) is 32.4. The topological polar surface area (TPSA) is 114 Å². The molecule has 0 spiro atoms. The molecule has 12 heteroatoms. The summed E-state index contributed by atoms with van der Waals surface area (Å²) in [7, 11) is 0. The Hall–Kier alpha value is -3.54. The largest absolute Gasteiger partial charge is 0.462 e. The van der Waals surface area contributed by atoms with E-state index in [9.17, 15) is 19.2 Å². The molecule has 1 aliphatic heterocycles. The van der Waals surface area contributed by atoms with E-state index in [1.807, 2.05) is 26.8 Å². The van der Waals surface area contributed by atoms with Gasteiger partial charge in [-0.05, 0) is 75.6 Å². The Morgan fingerprint density at radius 3 is 2.49 bits per heavy atom. The van der Waals surface area contributed by atoms with Gasteiger partial charge in [0.25, 0.3) is 0 Å². The second-order valence-corrected chi connectivity index (χ2v) is 13.4. The molecule has 0 saturated carbocycles. The fraction of sp³-hybridized carbons (Fsp3) is 0.355. The van der Waals surface area contributed by atoms with Crippen LogP contribution in [0.4, 0.5) is 15.5 Å². The zero-order valence-electron chi connectivity index (χ0n) is 24.5. The van der Waals surface area contributed by atoms with E-state index >= 15 is 0 Å². The fourth-order valence-corrected chi connectivity index (χ4v) is 6.51. The van der Waals surface area contributed by atoms with E-state index in [-0.39, 0.29) is 37.1 Å². The van der Waals surface area contributed by atoms with E-state index in [1.54, 1.807) is 54.3 Å². The molecule has 0 fully saturated rings. The van der Waals surface area contributed by atoms with Gasteiger partial charge in [0.2, 0.25) is 11.8 Å². The van der Waals surface area contributed by atoms with Gasteiger partial charge in [-0.1, -0.05) is 29.8 Å². The molecule has 0 saturated heterocycles. The second kappa shape index (κ2) is 14.3. The molecule has 43 heavy (non-hydrogen) atoms. The molecule has 9 nitrogen and oxygen atoms in total. The van der Waals surface area contributed by atoms with Crippen molar-refractivity contribution in [3.8, 4) is 0 Å². The summed E-state index contributed by atoms with van der Waals surface area (Å²) in [5, 5.41) is 6.78. The summed E-state index contributed by atoms with van der Waals surface area (Å²) in [6.45, 7) is 8.03. The van der Waals surface area contributed by atoms with Gasteiger partial charge in [0.1, 0.15) is 10.6 Å². The number of benzene rings is 2. The van der Waals surface area contributed by atoms with Crippen molar-refractivity contribution in [2.45, 2.75) is 57.6 Å². The average molecular weight is 644 g/mol. The van der Waals surface area contributed by atoms with Crippen LogP contribution < -0.4 is 10.6 Å². The lowest BCUT2D eigenvalue weighted by Gasteiger charge is -2.30. The summed E-state index contributed by atoms with van der Waals surface area (Å²) in [5.74, 6) is -0.886. The highest BCUT2D eigenvalue weighted by atomic mass is 35.5. The van der Waals surface area contributed by atoms with E-state index in [4.69, 9.17) is 21.1 Å². The number of halogens is 1. The van der Waals surface area contributed by atoms with Gasteiger partial charge in [0.15, 0.2) is 0 Å². The Kier molecular flexibility index (Phi) is 10.8. The standard InChI is InChI=1S/C31H34ClN3O6S2/c1-5-40-29(38)27-23-13-14-35(30(39)41-31(2,3)4)17-24(23)43-28(27)34-26(37)18-42-22-8-6-7-21(16-22)33-25(36)15-19-9-11-20(32)12-10-19/h6-12,16H,5,13-15,17-18H2,1-4H3,(H,33,36)(H,34,37). The molecular formula is C31H34ClN3O6S2. The smallest absolute Gasteiger partial charge is 0.410 e. The zero-order chi connectivity index (χ0) is 31.1. The number of carbonyl (C=O) groups is 4. The third-order valence-corrected chi connectivity index (χ3v) is 8.58. The van der Waals surface area contributed by atoms with Crippen molar-refractivity contribution in [1.82, 2.24) is 4.90 Å². The van der Waals surface area contributed by atoms with Crippen LogP contribution in [-0.2, 0) is 38.4 Å². The lowest BCUT2D eigenvalue weighted by molar-refractivity contribution is -0.115. The molecule has 3 aromatic rings. The van der Waals surface area contributed by atoms with Crippen molar-refractivity contribution in [1.29, 1.82) is 0 Å². The third-order valence-electron chi connectivity index (χ3n) is 6.21. The molecule has 1 aromatic heterocycles. The molecule has 1 aliphatic rings. The lowest BCUT2D eigenvalue weighted by atomic mass is 10.0. The summed E-state index contributed by atoms with van der Waals surface area (Å²) >= 11 is 8.49. The predicted molar refractivity (Wildman–Crippen MR) is 170 cm³/mol. The Balaban J connectivity index is 1.39. The molecule has 0 unspecified atom stereocenters. The summed E-state index contributed by atoms with van der Waals surface area (Å²) < 4.78 is 10.8. The third kappa shape index (κ3) is 9.22. The number of rotatable bonds is 9. The fourth-order valence-electron chi connectivity index (χ4n) is 4.36. The van der Waals surface area contributed by atoms with Crippen LogP contribution in [-0.4, -0.2) is 53.3 Å². The molecule has 2 aromatic carbocycles. The maximum Gasteiger partial charge on any atom is 0.410 e. The number of amides is 3. The first-order valence-electron chi connectivity index (χ1n) is 13.8. The van der Waals surface area contributed by atoms with Crippen molar-refractivity contribution in [3.63, 3.8) is 0 Å². The number of nitrogens with one attached hydrogen (secondary N) is 2. The molecule has 0 radical (unpaired) electrons. The summed E-state index contributed by atoms with van der Waals surface area (Å²) in [6.07, 6.45) is 0.232. The Bertz CT molecular complexity index is 1500. The normalized spacial score (nSPS) is 12.7. The number of thioether (sulfide) groups is 1. The van der Waals surface area contributed by atoms with Crippen molar-refractivity contribution in [2.75, 3.05) is 29.5 Å². The SMILES string of the molecule is CCOC(=O)c1c(NC(=O)CSc2cccc(NC(=O)Cc3ccc(Cl)cc3)c2)sc2c1CCN(C(=O)OC(C)(C)C)C2. The average Bonchev–Trinajstić information content (AvgIpc) is 3.29. The molecule has 3 amide bonds. The molecule has 0 aliphatic carbocycles. The summed E-state index contributed by atoms with van der Waals surface area (Å²) in [6, 6.07) is 14.3. The summed E-state index contributed by atoms with van der Waals surface area (Å²) in [4.78, 5) is 54.3. The van der Waals surface area contributed by atoms with Crippen LogP contribution in [0.25, 0.3) is 0 Å². The number of esters is 1. The highest BCUT2D eigenvalue weighted by Crippen LogP contribution is 2.38. The lowest BCUT2D eigenvalue weighted by Crippen LogP contribution is -2.39. The number of nitrogens with zero attached hydrogens (tertiary/aromatic N) is 1. The first-order valence-corrected chi connectivity index (χ1v) is 16.0. The van der Waals surface area contributed by atoms with E-state index < -0.39 is 17.7 Å². The highest BCUT2D eigenvalue weighted by Gasteiger charge is 2.32. The minimum Gasteiger partial charge on any atom is -0.462 e. The van der Waals surface area contributed by atoms with Crippen molar-refractivity contribution in [2.24, 2.45) is 0 Å². The van der Waals surface area contributed by atoms with Gasteiger partial charge in [-0.25, -0.2) is 9.59 Å². The highest BCUT2D eigenvalue weighted by molar-refractivity contribution is 8.00. The molecular weight excluding hydrogens is 610 g/mol. The van der Waals surface area contributed by atoms with Crippen molar-refractivity contribution >= 4 is 69.3 Å². The van der Waals surface area contributed by atoms with Gasteiger partial charge in [-0.3, -0.25) is 9.59 Å². The van der Waals surface area contributed by atoms with E-state index in [1.165, 1.54) is 23.1 Å². The number of carbonyl (C=O) groups excluding carboxylic acids is 4. The van der Waals surface area contributed by atoms with E-state index in [0.717, 1.165) is 20.9 Å². The van der Waals surface area contributed by atoms with Crippen LogP contribution >= 0.6 is 34.7 Å². The minimum atomic E-state index is -0.623. The molecule has 2 N–H and O–H groups in total. The van der Waals surface area contributed by atoms with Gasteiger partial charge >= 0.3 is 12.1 Å². The summed E-state index contributed by atoms with van der Waals surface area (Å²) in [5.41, 5.74) is 1.97. The van der Waals surface area contributed by atoms with E-state index in [0.29, 0.717) is 34.2 Å². The maximum atomic E-state index is 13.0. The second-order valence-electron chi connectivity index (χ2n) is 10.8. The molecule has 0 atom stereocenters. The van der Waals surface area contributed by atoms with E-state index in [2.05, 4.69) is 10.6 Å². The molecule has 4 rings (SSSR count). The van der Waals surface area contributed by atoms with Crippen molar-refractivity contribution < 1.29 is 28.7 Å². The quantitative estimate of drug-likeness (QED) is 0.195. The molecule has 0 bridgehead atoms. The molecule has 228 valence electrons. The van der Waals surface area contributed by atoms with Gasteiger partial charge < -0.3 is 25.0 Å². The number of anilines is 2. The Labute approximate surface area is 264 Å². The van der Waals surface area contributed by atoms with Crippen LogP contribution in [0.15, 0.2) is 53.4 Å². The van der Waals surface area contributed by atoms with Gasteiger partial charge in [0, 0.05) is 27.0 Å². The number of hydrogen-bond donors (Lipinski definition) is 2. The monoisotopic (exact) mass is 643 g/mol. The van der Waals surface area contributed by atoms with Crippen molar-refractivity contribution in [3.05, 3.63) is 75.1 Å². The van der Waals surface area contributed by atoms with Crippen LogP contribution in [0.2, 0.25) is 5.02 Å². The Morgan fingerprint density at radius 1 is 1.05 bits per heavy atom. The molecule has 2 heterocycles. The number of thiophene rings is 1. The number of hydrogen-bond acceptors (Lipinski definition) is 8. The van der Waals surface area contributed by atoms with Gasteiger partial charge in [0.05, 0.1) is 30.9 Å². The van der Waals surface area contributed by atoms with Crippen LogP contribution in [0.5, 0.6) is 0 Å². The van der Waals surface area contributed by atoms with Gasteiger partial charge in [-0.2, -0.15) is 0 Å². The first-order chi connectivity index (χ1) is 20.4. The number of fused-ring (bicyclic) bond motifs is 1. The predicted octanol–water partition coefficient (Wildman–Crippen LogP) is 6.78. The van der Waals surface area contributed by atoms with Crippen LogP contribution in [0, 0.1) is 0 Å². The minimum absolute atomic E-state index is 0.0804. The maximum absolute atomic E-state index is 13.0.